The summed E-state index contributed by atoms with van der Waals surface area (Å²) in [6.45, 7) is 2.54. The fourth-order valence-corrected chi connectivity index (χ4v) is 6.17. The first kappa shape index (κ1) is 33.4. The van der Waals surface area contributed by atoms with Gasteiger partial charge < -0.3 is 29.3 Å². The van der Waals surface area contributed by atoms with Crippen molar-refractivity contribution in [1.82, 2.24) is 15.1 Å². The molecule has 3 amide bonds. The topological polar surface area (TPSA) is 158 Å². The van der Waals surface area contributed by atoms with Gasteiger partial charge in [0.1, 0.15) is 23.4 Å². The molecule has 250 valence electrons. The highest BCUT2D eigenvalue weighted by Gasteiger charge is 2.62. The first-order valence-electron chi connectivity index (χ1n) is 15.9. The van der Waals surface area contributed by atoms with Crippen LogP contribution in [-0.2, 0) is 25.6 Å². The average molecular weight is 649 g/mol. The van der Waals surface area contributed by atoms with Crippen LogP contribution in [0.5, 0.6) is 5.75 Å². The molecule has 4 atom stereocenters. The van der Waals surface area contributed by atoms with Crippen molar-refractivity contribution in [3.8, 4) is 5.75 Å². The summed E-state index contributed by atoms with van der Waals surface area (Å²) < 4.78 is 16.4. The van der Waals surface area contributed by atoms with Crippen molar-refractivity contribution in [2.24, 2.45) is 5.92 Å². The number of urea groups is 1. The van der Waals surface area contributed by atoms with E-state index in [4.69, 9.17) is 14.2 Å². The highest BCUT2D eigenvalue weighted by atomic mass is 16.6. The zero-order valence-electron chi connectivity index (χ0n) is 26.6. The zero-order chi connectivity index (χ0) is 33.6. The number of nitrogens with one attached hydrogen (secondary N) is 1. The van der Waals surface area contributed by atoms with E-state index in [1.54, 1.807) is 18.9 Å². The van der Waals surface area contributed by atoms with Gasteiger partial charge in [-0.1, -0.05) is 30.7 Å². The predicted octanol–water partition coefficient (Wildman–Crippen LogP) is 4.39. The smallest absolute Gasteiger partial charge is 0.338 e. The number of allylic oxidation sites excluding steroid dienone is 1. The Morgan fingerprint density at radius 2 is 1.81 bits per heavy atom. The van der Waals surface area contributed by atoms with Crippen LogP contribution in [-0.4, -0.2) is 83.1 Å². The van der Waals surface area contributed by atoms with Gasteiger partial charge in [0, 0.05) is 37.6 Å². The van der Waals surface area contributed by atoms with E-state index in [1.165, 1.54) is 29.2 Å². The van der Waals surface area contributed by atoms with Crippen LogP contribution in [0.15, 0.2) is 60.7 Å². The number of non-ortho nitro benzene ring substituents is 1. The number of nitrogens with zero attached hydrogens (tertiary/aromatic N) is 3. The molecule has 13 nitrogen and oxygen atoms in total. The van der Waals surface area contributed by atoms with Gasteiger partial charge in [0.2, 0.25) is 5.91 Å². The first-order valence-corrected chi connectivity index (χ1v) is 15.9. The molecule has 1 aliphatic carbocycles. The molecule has 1 N–H and O–H groups in total. The van der Waals surface area contributed by atoms with Crippen LogP contribution in [0.25, 0.3) is 0 Å². The largest absolute Gasteiger partial charge is 0.497 e. The standard InChI is InChI=1S/C34H40N4O9/c1-3-46-32(41)34-20-25(34)9-7-5-4-6-8-18-36(21-23-10-16-27(45-2)17-11-23)33(42)37-22-28(19-29(37)30(39)35-34)47-31(40)24-12-14-26(15-13-24)38(43)44/h7,9-17,25,28-29H,3-6,8,18-22H2,1-2H3,(H,35,39). The van der Waals surface area contributed by atoms with Crippen LogP contribution in [0.1, 0.15) is 61.4 Å². The van der Waals surface area contributed by atoms with Gasteiger partial charge in [-0.2, -0.15) is 0 Å². The highest BCUT2D eigenvalue weighted by molar-refractivity contribution is 5.95. The number of amides is 3. The fourth-order valence-electron chi connectivity index (χ4n) is 6.17. The third-order valence-corrected chi connectivity index (χ3v) is 8.87. The van der Waals surface area contributed by atoms with Crippen LogP contribution >= 0.6 is 0 Å². The van der Waals surface area contributed by atoms with Gasteiger partial charge in [-0.25, -0.2) is 14.4 Å². The molecule has 2 aromatic carbocycles. The van der Waals surface area contributed by atoms with Crippen LogP contribution in [0.2, 0.25) is 0 Å². The molecule has 3 aliphatic rings. The fraction of sp³-hybridized carbons (Fsp3) is 0.471. The van der Waals surface area contributed by atoms with E-state index in [0.717, 1.165) is 31.2 Å². The Kier molecular flexibility index (Phi) is 10.4. The summed E-state index contributed by atoms with van der Waals surface area (Å²) in [5.41, 5.74) is -0.417. The number of hydrogen-bond donors (Lipinski definition) is 1. The molecular formula is C34H40N4O9. The molecule has 47 heavy (non-hydrogen) atoms. The first-order chi connectivity index (χ1) is 22.6. The van der Waals surface area contributed by atoms with E-state index in [1.807, 2.05) is 36.4 Å². The van der Waals surface area contributed by atoms with E-state index < -0.39 is 40.5 Å². The second-order valence-corrected chi connectivity index (χ2v) is 12.1. The summed E-state index contributed by atoms with van der Waals surface area (Å²) in [7, 11) is 1.58. The second kappa shape index (κ2) is 14.7. The normalized spacial score (nSPS) is 24.6. The number of fused-ring (bicyclic) bond motifs is 2. The number of methoxy groups -OCH3 is 1. The average Bonchev–Trinajstić information content (AvgIpc) is 3.60. The summed E-state index contributed by atoms with van der Waals surface area (Å²) in [6, 6.07) is 11.0. The lowest BCUT2D eigenvalue weighted by Crippen LogP contribution is -2.55. The molecule has 2 aromatic rings. The van der Waals surface area contributed by atoms with Gasteiger partial charge in [-0.15, -0.1) is 0 Å². The minimum atomic E-state index is -1.23. The number of carbonyl (C=O) groups is 4. The Labute approximate surface area is 273 Å². The van der Waals surface area contributed by atoms with E-state index in [9.17, 15) is 29.3 Å². The van der Waals surface area contributed by atoms with Gasteiger partial charge in [0.05, 0.1) is 30.7 Å². The van der Waals surface area contributed by atoms with Gasteiger partial charge in [-0.3, -0.25) is 14.9 Å². The van der Waals surface area contributed by atoms with Gasteiger partial charge in [0.25, 0.3) is 5.69 Å². The lowest BCUT2D eigenvalue weighted by atomic mass is 10.1. The number of esters is 2. The van der Waals surface area contributed by atoms with Gasteiger partial charge in [0.15, 0.2) is 0 Å². The van der Waals surface area contributed by atoms with Crippen molar-refractivity contribution in [3.63, 3.8) is 0 Å². The number of benzene rings is 2. The van der Waals surface area contributed by atoms with Crippen molar-refractivity contribution in [1.29, 1.82) is 0 Å². The monoisotopic (exact) mass is 648 g/mol. The molecule has 0 spiro atoms. The number of hydrogen-bond acceptors (Lipinski definition) is 9. The maximum Gasteiger partial charge on any atom is 0.338 e. The van der Waals surface area contributed by atoms with E-state index in [-0.39, 0.29) is 49.3 Å². The Hall–Kier alpha value is -4.94. The summed E-state index contributed by atoms with van der Waals surface area (Å²) in [6.07, 6.45) is 6.88. The maximum atomic E-state index is 14.3. The van der Waals surface area contributed by atoms with E-state index in [0.29, 0.717) is 18.7 Å². The van der Waals surface area contributed by atoms with Crippen LogP contribution in [0.3, 0.4) is 0 Å². The van der Waals surface area contributed by atoms with Crippen molar-refractivity contribution < 1.29 is 38.3 Å². The Morgan fingerprint density at radius 3 is 2.49 bits per heavy atom. The second-order valence-electron chi connectivity index (χ2n) is 12.1. The molecule has 0 bridgehead atoms. The lowest BCUT2D eigenvalue weighted by molar-refractivity contribution is -0.384. The summed E-state index contributed by atoms with van der Waals surface area (Å²) in [4.78, 5) is 68.0. The van der Waals surface area contributed by atoms with E-state index in [2.05, 4.69) is 5.32 Å². The Morgan fingerprint density at radius 1 is 1.06 bits per heavy atom. The van der Waals surface area contributed by atoms with Crippen LogP contribution in [0, 0.1) is 16.0 Å². The van der Waals surface area contributed by atoms with Crippen molar-refractivity contribution in [2.45, 2.75) is 69.7 Å². The third-order valence-electron chi connectivity index (χ3n) is 8.87. The summed E-state index contributed by atoms with van der Waals surface area (Å²) >= 11 is 0. The molecule has 5 rings (SSSR count). The van der Waals surface area contributed by atoms with Crippen LogP contribution < -0.4 is 10.1 Å². The third kappa shape index (κ3) is 7.72. The van der Waals surface area contributed by atoms with Crippen molar-refractivity contribution in [2.75, 3.05) is 26.8 Å². The quantitative estimate of drug-likeness (QED) is 0.190. The molecule has 1 saturated carbocycles. The molecule has 2 heterocycles. The SMILES string of the molecule is CCOC(=O)C12CC1C=CCCCCCN(Cc1ccc(OC)cc1)C(=O)N1CC(OC(=O)c3ccc([N+](=O)[O-])cc3)CC1C(=O)N2. The summed E-state index contributed by atoms with van der Waals surface area (Å²) in [5, 5.41) is 14.0. The highest BCUT2D eigenvalue weighted by Crippen LogP contribution is 2.46. The molecule has 0 radical (unpaired) electrons. The number of nitro groups is 1. The van der Waals surface area contributed by atoms with Gasteiger partial charge >= 0.3 is 18.0 Å². The van der Waals surface area contributed by atoms with Crippen LogP contribution in [0.4, 0.5) is 10.5 Å². The number of carbonyl (C=O) groups excluding carboxylic acids is 4. The molecule has 13 heteroatoms. The maximum absolute atomic E-state index is 14.3. The number of nitro benzene ring substituents is 1. The minimum Gasteiger partial charge on any atom is -0.497 e. The molecule has 2 fully saturated rings. The lowest BCUT2D eigenvalue weighted by Gasteiger charge is -2.32. The van der Waals surface area contributed by atoms with Gasteiger partial charge in [-0.05, 0) is 62.4 Å². The molecule has 4 unspecified atom stereocenters. The minimum absolute atomic E-state index is 0.00603. The van der Waals surface area contributed by atoms with Crippen molar-refractivity contribution >= 4 is 29.6 Å². The molecule has 2 aliphatic heterocycles. The Balaban J connectivity index is 1.42. The summed E-state index contributed by atoms with van der Waals surface area (Å²) in [5.74, 6) is -1.33. The molecular weight excluding hydrogens is 608 g/mol. The zero-order valence-corrected chi connectivity index (χ0v) is 26.6. The molecule has 0 aromatic heterocycles. The van der Waals surface area contributed by atoms with E-state index >= 15 is 0 Å². The Bertz CT molecular complexity index is 1510. The number of rotatable bonds is 8. The van der Waals surface area contributed by atoms with Crippen molar-refractivity contribution in [3.05, 3.63) is 81.9 Å². The molecule has 1 saturated heterocycles. The predicted molar refractivity (Wildman–Crippen MR) is 169 cm³/mol. The number of ether oxygens (including phenoxy) is 3.